The van der Waals surface area contributed by atoms with E-state index in [2.05, 4.69) is 0 Å². The molecule has 1 aromatic rings. The molecule has 0 bridgehead atoms. The molecule has 0 spiro atoms. The number of ether oxygens (including phenoxy) is 2. The number of aromatic carboxylic acids is 1. The number of hydrogen-bond donors (Lipinski definition) is 1. The third-order valence-electron chi connectivity index (χ3n) is 2.37. The van der Waals surface area contributed by atoms with E-state index in [0.717, 1.165) is 0 Å². The molecule has 1 heterocycles. The largest absolute Gasteiger partial charge is 0.477 e. The fourth-order valence-electron chi connectivity index (χ4n) is 1.51. The molecule has 1 N–H and O–H groups in total. The van der Waals surface area contributed by atoms with Gasteiger partial charge in [0.25, 0.3) is 5.56 Å². The molecule has 0 aromatic carbocycles. The summed E-state index contributed by atoms with van der Waals surface area (Å²) in [5.74, 6) is -1.10. The van der Waals surface area contributed by atoms with Crippen LogP contribution in [-0.2, 0) is 16.0 Å². The van der Waals surface area contributed by atoms with Crippen LogP contribution in [0.15, 0.2) is 23.0 Å². The van der Waals surface area contributed by atoms with Crippen molar-refractivity contribution < 1.29 is 19.4 Å². The Balaban J connectivity index is 2.51. The fourth-order valence-corrected chi connectivity index (χ4v) is 1.51. The number of nitrogens with zero attached hydrogens (tertiary/aromatic N) is 1. The molecule has 0 amide bonds. The van der Waals surface area contributed by atoms with Crippen molar-refractivity contribution in [2.45, 2.75) is 13.0 Å². The lowest BCUT2D eigenvalue weighted by Crippen LogP contribution is -2.25. The van der Waals surface area contributed by atoms with Crippen LogP contribution in [0.5, 0.6) is 0 Å². The number of carbonyl (C=O) groups is 1. The lowest BCUT2D eigenvalue weighted by molar-refractivity contribution is 0.0654. The SMILES string of the molecule is COCCOCCCn1c(C(=O)O)cccc1=O. The third kappa shape index (κ3) is 4.31. The van der Waals surface area contributed by atoms with E-state index in [9.17, 15) is 9.59 Å². The number of pyridine rings is 1. The van der Waals surface area contributed by atoms with Crippen LogP contribution in [0.4, 0.5) is 0 Å². The molecule has 1 rings (SSSR count). The van der Waals surface area contributed by atoms with Gasteiger partial charge in [-0.2, -0.15) is 0 Å². The molecule has 100 valence electrons. The molecule has 0 atom stereocenters. The van der Waals surface area contributed by atoms with Crippen LogP contribution in [0.25, 0.3) is 0 Å². The van der Waals surface area contributed by atoms with Crippen molar-refractivity contribution in [2.24, 2.45) is 0 Å². The Morgan fingerprint density at radius 2 is 2.11 bits per heavy atom. The van der Waals surface area contributed by atoms with E-state index >= 15 is 0 Å². The van der Waals surface area contributed by atoms with E-state index in [1.807, 2.05) is 0 Å². The summed E-state index contributed by atoms with van der Waals surface area (Å²) in [6, 6.07) is 4.20. The minimum absolute atomic E-state index is 0.000563. The van der Waals surface area contributed by atoms with Gasteiger partial charge in [-0.05, 0) is 12.5 Å². The molecule has 0 saturated heterocycles. The van der Waals surface area contributed by atoms with Crippen LogP contribution in [0.1, 0.15) is 16.9 Å². The second-order valence-electron chi connectivity index (χ2n) is 3.66. The van der Waals surface area contributed by atoms with Crippen LogP contribution in [0, 0.1) is 0 Å². The van der Waals surface area contributed by atoms with Gasteiger partial charge < -0.3 is 19.1 Å². The number of hydrogen-bond acceptors (Lipinski definition) is 4. The molecular formula is C12H17NO5. The Morgan fingerprint density at radius 3 is 2.78 bits per heavy atom. The summed E-state index contributed by atoms with van der Waals surface area (Å²) in [5, 5.41) is 8.96. The Kier molecular flexibility index (Phi) is 6.10. The van der Waals surface area contributed by atoms with Gasteiger partial charge in [0.2, 0.25) is 0 Å². The second-order valence-corrected chi connectivity index (χ2v) is 3.66. The van der Waals surface area contributed by atoms with Crippen molar-refractivity contribution in [1.82, 2.24) is 4.57 Å². The zero-order chi connectivity index (χ0) is 13.4. The Morgan fingerprint density at radius 1 is 1.33 bits per heavy atom. The topological polar surface area (TPSA) is 77.8 Å². The molecule has 18 heavy (non-hydrogen) atoms. The summed E-state index contributed by atoms with van der Waals surface area (Å²) in [7, 11) is 1.59. The molecule has 1 aromatic heterocycles. The molecular weight excluding hydrogens is 238 g/mol. The maximum absolute atomic E-state index is 11.5. The Labute approximate surface area is 105 Å². The molecule has 0 fully saturated rings. The van der Waals surface area contributed by atoms with Gasteiger partial charge in [0.1, 0.15) is 5.69 Å². The summed E-state index contributed by atoms with van der Waals surface area (Å²) in [6.45, 7) is 1.80. The summed E-state index contributed by atoms with van der Waals surface area (Å²) in [6.07, 6.45) is 0.577. The number of carboxylic acid groups (broad SMARTS) is 1. The standard InChI is InChI=1S/C12H17NO5/c1-17-8-9-18-7-3-6-13-10(12(15)16)4-2-5-11(13)14/h2,4-5H,3,6-9H2,1H3,(H,15,16). The smallest absolute Gasteiger partial charge is 0.352 e. The Hall–Kier alpha value is -1.66. The summed E-state index contributed by atoms with van der Waals surface area (Å²) in [5.41, 5.74) is -0.314. The van der Waals surface area contributed by atoms with Crippen molar-refractivity contribution in [3.63, 3.8) is 0 Å². The van der Waals surface area contributed by atoms with Crippen molar-refractivity contribution in [1.29, 1.82) is 0 Å². The van der Waals surface area contributed by atoms with Gasteiger partial charge in [-0.15, -0.1) is 0 Å². The lowest BCUT2D eigenvalue weighted by Gasteiger charge is -2.09. The van der Waals surface area contributed by atoms with E-state index < -0.39 is 5.97 Å². The Bertz CT molecular complexity index is 440. The van der Waals surface area contributed by atoms with E-state index in [1.54, 1.807) is 7.11 Å². The van der Waals surface area contributed by atoms with Gasteiger partial charge >= 0.3 is 5.97 Å². The highest BCUT2D eigenvalue weighted by atomic mass is 16.5. The molecule has 0 saturated carbocycles. The van der Waals surface area contributed by atoms with Crippen molar-refractivity contribution in [3.05, 3.63) is 34.2 Å². The van der Waals surface area contributed by atoms with Crippen LogP contribution in [0.2, 0.25) is 0 Å². The lowest BCUT2D eigenvalue weighted by atomic mass is 10.3. The van der Waals surface area contributed by atoms with E-state index in [4.69, 9.17) is 14.6 Å². The first kappa shape index (κ1) is 14.4. The normalized spacial score (nSPS) is 10.5. The molecule has 0 aliphatic rings. The van der Waals surface area contributed by atoms with E-state index in [-0.39, 0.29) is 11.3 Å². The average molecular weight is 255 g/mol. The average Bonchev–Trinajstić information content (AvgIpc) is 2.34. The number of aromatic nitrogens is 1. The van der Waals surface area contributed by atoms with Crippen molar-refractivity contribution >= 4 is 5.97 Å². The van der Waals surface area contributed by atoms with Crippen LogP contribution in [0.3, 0.4) is 0 Å². The maximum Gasteiger partial charge on any atom is 0.352 e. The first-order valence-corrected chi connectivity index (χ1v) is 5.66. The summed E-state index contributed by atoms with van der Waals surface area (Å²) < 4.78 is 11.3. The number of rotatable bonds is 8. The first-order valence-electron chi connectivity index (χ1n) is 5.66. The predicted molar refractivity (Wildman–Crippen MR) is 65.0 cm³/mol. The number of carboxylic acids is 1. The minimum Gasteiger partial charge on any atom is -0.477 e. The predicted octanol–water partition coefficient (Wildman–Crippen LogP) is 0.600. The summed E-state index contributed by atoms with van der Waals surface area (Å²) >= 11 is 0. The van der Waals surface area contributed by atoms with Gasteiger partial charge in [0.05, 0.1) is 13.2 Å². The highest BCUT2D eigenvalue weighted by molar-refractivity contribution is 5.85. The number of methoxy groups -OCH3 is 1. The highest BCUT2D eigenvalue weighted by Crippen LogP contribution is 1.98. The zero-order valence-electron chi connectivity index (χ0n) is 10.3. The van der Waals surface area contributed by atoms with Crippen LogP contribution >= 0.6 is 0 Å². The second kappa shape index (κ2) is 7.62. The molecule has 0 aliphatic carbocycles. The molecule has 0 aliphatic heterocycles. The van der Waals surface area contributed by atoms with E-state index in [1.165, 1.54) is 22.8 Å². The zero-order valence-corrected chi connectivity index (χ0v) is 10.3. The van der Waals surface area contributed by atoms with Gasteiger partial charge in [-0.25, -0.2) is 4.79 Å². The van der Waals surface area contributed by atoms with E-state index in [0.29, 0.717) is 32.8 Å². The monoisotopic (exact) mass is 255 g/mol. The van der Waals surface area contributed by atoms with Crippen molar-refractivity contribution in [3.8, 4) is 0 Å². The van der Waals surface area contributed by atoms with Crippen LogP contribution in [-0.4, -0.2) is 42.6 Å². The highest BCUT2D eigenvalue weighted by Gasteiger charge is 2.09. The van der Waals surface area contributed by atoms with Gasteiger partial charge in [-0.1, -0.05) is 6.07 Å². The van der Waals surface area contributed by atoms with Crippen molar-refractivity contribution in [2.75, 3.05) is 26.9 Å². The van der Waals surface area contributed by atoms with Gasteiger partial charge in [-0.3, -0.25) is 4.79 Å². The molecule has 0 radical (unpaired) electrons. The first-order chi connectivity index (χ1) is 8.66. The maximum atomic E-state index is 11.5. The van der Waals surface area contributed by atoms with Gasteiger partial charge in [0.15, 0.2) is 0 Å². The molecule has 6 heteroatoms. The fraction of sp³-hybridized carbons (Fsp3) is 0.500. The third-order valence-corrected chi connectivity index (χ3v) is 2.37. The van der Waals surface area contributed by atoms with Gasteiger partial charge in [0, 0.05) is 26.3 Å². The minimum atomic E-state index is -1.10. The summed E-state index contributed by atoms with van der Waals surface area (Å²) in [4.78, 5) is 22.5. The molecule has 0 unspecified atom stereocenters. The quantitative estimate of drug-likeness (QED) is 0.688. The van der Waals surface area contributed by atoms with Crippen LogP contribution < -0.4 is 5.56 Å². The molecule has 6 nitrogen and oxygen atoms in total.